The highest BCUT2D eigenvalue weighted by atomic mass is 16.7. The molecule has 0 fully saturated rings. The lowest BCUT2D eigenvalue weighted by Crippen LogP contribution is -2.06. The maximum Gasteiger partial charge on any atom is 0.231 e. The van der Waals surface area contributed by atoms with Gasteiger partial charge in [0.05, 0.1) is 0 Å². The van der Waals surface area contributed by atoms with E-state index in [9.17, 15) is 0 Å². The van der Waals surface area contributed by atoms with E-state index in [1.165, 1.54) is 11.1 Å². The van der Waals surface area contributed by atoms with Gasteiger partial charge in [-0.15, -0.1) is 0 Å². The van der Waals surface area contributed by atoms with Crippen LogP contribution >= 0.6 is 0 Å². The molecule has 1 atom stereocenters. The van der Waals surface area contributed by atoms with E-state index in [4.69, 9.17) is 9.47 Å². The molecule has 1 heterocycles. The average molecular weight is 269 g/mol. The Balaban J connectivity index is 1.73. The van der Waals surface area contributed by atoms with Gasteiger partial charge in [-0.3, -0.25) is 0 Å². The van der Waals surface area contributed by atoms with Crippen molar-refractivity contribution in [2.75, 3.05) is 12.1 Å². The van der Waals surface area contributed by atoms with Gasteiger partial charge >= 0.3 is 0 Å². The molecule has 1 aliphatic heterocycles. The molecule has 3 heteroatoms. The van der Waals surface area contributed by atoms with Crippen LogP contribution in [-0.4, -0.2) is 6.79 Å². The van der Waals surface area contributed by atoms with E-state index in [0.29, 0.717) is 6.79 Å². The third kappa shape index (κ3) is 2.57. The molecule has 0 bridgehead atoms. The molecule has 0 aliphatic carbocycles. The number of benzene rings is 2. The van der Waals surface area contributed by atoms with Gasteiger partial charge in [0.1, 0.15) is 0 Å². The predicted molar refractivity (Wildman–Crippen MR) is 80.4 cm³/mol. The van der Waals surface area contributed by atoms with E-state index < -0.39 is 0 Å². The van der Waals surface area contributed by atoms with E-state index >= 15 is 0 Å². The molecule has 0 aromatic heterocycles. The van der Waals surface area contributed by atoms with Gasteiger partial charge in [0, 0.05) is 17.8 Å². The van der Waals surface area contributed by atoms with E-state index in [-0.39, 0.29) is 6.04 Å². The number of hydrogen-bond donors (Lipinski definition) is 1. The van der Waals surface area contributed by atoms with Crippen molar-refractivity contribution in [1.29, 1.82) is 0 Å². The van der Waals surface area contributed by atoms with Crippen LogP contribution in [0.1, 0.15) is 31.0 Å². The fraction of sp³-hybridized carbons (Fsp3) is 0.294. The molecule has 1 unspecified atom stereocenters. The zero-order valence-corrected chi connectivity index (χ0v) is 11.8. The highest BCUT2D eigenvalue weighted by Gasteiger charge is 2.14. The van der Waals surface area contributed by atoms with Crippen molar-refractivity contribution in [2.24, 2.45) is 0 Å². The van der Waals surface area contributed by atoms with Gasteiger partial charge < -0.3 is 14.8 Å². The van der Waals surface area contributed by atoms with Gasteiger partial charge in [-0.25, -0.2) is 0 Å². The summed E-state index contributed by atoms with van der Waals surface area (Å²) in [5, 5.41) is 3.49. The number of aryl methyl sites for hydroxylation is 1. The van der Waals surface area contributed by atoms with Crippen molar-refractivity contribution in [2.45, 2.75) is 26.3 Å². The first-order chi connectivity index (χ1) is 9.76. The second-order valence-electron chi connectivity index (χ2n) is 5.03. The largest absolute Gasteiger partial charge is 0.454 e. The Bertz CT molecular complexity index is 592. The van der Waals surface area contributed by atoms with Crippen molar-refractivity contribution in [3.63, 3.8) is 0 Å². The Morgan fingerprint density at radius 3 is 2.55 bits per heavy atom. The first-order valence-electron chi connectivity index (χ1n) is 7.01. The first kappa shape index (κ1) is 12.9. The molecule has 3 rings (SSSR count). The summed E-state index contributed by atoms with van der Waals surface area (Å²) in [6.07, 6.45) is 1.07. The van der Waals surface area contributed by atoms with Crippen LogP contribution in [0.4, 0.5) is 5.69 Å². The van der Waals surface area contributed by atoms with Crippen LogP contribution in [0, 0.1) is 0 Å². The van der Waals surface area contributed by atoms with Crippen molar-refractivity contribution in [3.8, 4) is 11.5 Å². The third-order valence-electron chi connectivity index (χ3n) is 3.64. The van der Waals surface area contributed by atoms with Crippen LogP contribution in [0.5, 0.6) is 11.5 Å². The summed E-state index contributed by atoms with van der Waals surface area (Å²) < 4.78 is 10.7. The van der Waals surface area contributed by atoms with Crippen LogP contribution in [0.3, 0.4) is 0 Å². The van der Waals surface area contributed by atoms with E-state index in [0.717, 1.165) is 23.6 Å². The highest BCUT2D eigenvalue weighted by Crippen LogP contribution is 2.35. The lowest BCUT2D eigenvalue weighted by atomic mass is 10.0. The summed E-state index contributed by atoms with van der Waals surface area (Å²) >= 11 is 0. The summed E-state index contributed by atoms with van der Waals surface area (Å²) in [6, 6.07) is 14.9. The van der Waals surface area contributed by atoms with Crippen LogP contribution in [-0.2, 0) is 6.42 Å². The molecule has 0 saturated carbocycles. The zero-order valence-electron chi connectivity index (χ0n) is 11.8. The minimum absolute atomic E-state index is 0.251. The molecule has 0 radical (unpaired) electrons. The molecule has 104 valence electrons. The van der Waals surface area contributed by atoms with Gasteiger partial charge in [-0.1, -0.05) is 31.2 Å². The van der Waals surface area contributed by atoms with E-state index in [1.54, 1.807) is 0 Å². The maximum atomic E-state index is 5.39. The molecule has 2 aromatic rings. The number of fused-ring (bicyclic) bond motifs is 1. The second-order valence-corrected chi connectivity index (χ2v) is 5.03. The minimum Gasteiger partial charge on any atom is -0.454 e. The fourth-order valence-electron chi connectivity index (χ4n) is 2.36. The standard InChI is InChI=1S/C17H19NO2/c1-3-13-4-6-14(7-5-13)12(2)18-15-8-9-16-17(10-15)20-11-19-16/h4-10,12,18H,3,11H2,1-2H3. The summed E-state index contributed by atoms with van der Waals surface area (Å²) in [6.45, 7) is 4.64. The SMILES string of the molecule is CCc1ccc(C(C)Nc2ccc3c(c2)OCO3)cc1. The Morgan fingerprint density at radius 2 is 1.80 bits per heavy atom. The number of hydrogen-bond acceptors (Lipinski definition) is 3. The minimum atomic E-state index is 0.251. The Kier molecular flexibility index (Phi) is 3.50. The molecule has 2 aromatic carbocycles. The quantitative estimate of drug-likeness (QED) is 0.904. The Hall–Kier alpha value is -2.16. The van der Waals surface area contributed by atoms with Gasteiger partial charge in [-0.2, -0.15) is 0 Å². The molecule has 1 aliphatic rings. The van der Waals surface area contributed by atoms with Gasteiger partial charge in [0.2, 0.25) is 6.79 Å². The lowest BCUT2D eigenvalue weighted by molar-refractivity contribution is 0.174. The maximum absolute atomic E-state index is 5.39. The number of rotatable bonds is 4. The summed E-state index contributed by atoms with van der Waals surface area (Å²) in [4.78, 5) is 0. The molecule has 1 N–H and O–H groups in total. The number of ether oxygens (including phenoxy) is 2. The molecule has 20 heavy (non-hydrogen) atoms. The topological polar surface area (TPSA) is 30.5 Å². The predicted octanol–water partition coefficient (Wildman–Crippen LogP) is 4.15. The molecule has 0 saturated heterocycles. The van der Waals surface area contributed by atoms with E-state index in [1.807, 2.05) is 18.2 Å². The zero-order chi connectivity index (χ0) is 13.9. The van der Waals surface area contributed by atoms with Crippen molar-refractivity contribution < 1.29 is 9.47 Å². The van der Waals surface area contributed by atoms with Crippen LogP contribution in [0.25, 0.3) is 0 Å². The average Bonchev–Trinajstić information content (AvgIpc) is 2.95. The summed E-state index contributed by atoms with van der Waals surface area (Å²) in [5.41, 5.74) is 3.69. The number of anilines is 1. The van der Waals surface area contributed by atoms with E-state index in [2.05, 4.69) is 43.4 Å². The normalized spacial score (nSPS) is 14.1. The lowest BCUT2D eigenvalue weighted by Gasteiger charge is -2.16. The summed E-state index contributed by atoms with van der Waals surface area (Å²) in [7, 11) is 0. The fourth-order valence-corrected chi connectivity index (χ4v) is 2.36. The van der Waals surface area contributed by atoms with Gasteiger partial charge in [0.15, 0.2) is 11.5 Å². The van der Waals surface area contributed by atoms with Crippen molar-refractivity contribution >= 4 is 5.69 Å². The Labute approximate surface area is 119 Å². The smallest absolute Gasteiger partial charge is 0.231 e. The van der Waals surface area contributed by atoms with Gasteiger partial charge in [0.25, 0.3) is 0 Å². The molecular weight excluding hydrogens is 250 g/mol. The van der Waals surface area contributed by atoms with Crippen molar-refractivity contribution in [3.05, 3.63) is 53.6 Å². The van der Waals surface area contributed by atoms with Crippen LogP contribution in [0.15, 0.2) is 42.5 Å². The molecule has 3 nitrogen and oxygen atoms in total. The van der Waals surface area contributed by atoms with Gasteiger partial charge in [-0.05, 0) is 36.6 Å². The van der Waals surface area contributed by atoms with Crippen molar-refractivity contribution in [1.82, 2.24) is 0 Å². The van der Waals surface area contributed by atoms with Crippen LogP contribution < -0.4 is 14.8 Å². The third-order valence-corrected chi connectivity index (χ3v) is 3.64. The summed E-state index contributed by atoms with van der Waals surface area (Å²) in [5.74, 6) is 1.62. The second kappa shape index (κ2) is 5.45. The first-order valence-corrected chi connectivity index (χ1v) is 7.01. The highest BCUT2D eigenvalue weighted by molar-refractivity contribution is 5.56. The molecule has 0 spiro atoms. The Morgan fingerprint density at radius 1 is 1.05 bits per heavy atom. The monoisotopic (exact) mass is 269 g/mol. The number of nitrogens with one attached hydrogen (secondary N) is 1. The molecular formula is C17H19NO2. The van der Waals surface area contributed by atoms with Crippen LogP contribution in [0.2, 0.25) is 0 Å². The molecule has 0 amide bonds.